The summed E-state index contributed by atoms with van der Waals surface area (Å²) in [5, 5.41) is 0.268. The molecule has 2 rings (SSSR count). The van der Waals surface area contributed by atoms with Crippen LogP contribution in [-0.4, -0.2) is 14.5 Å². The summed E-state index contributed by atoms with van der Waals surface area (Å²) in [6.45, 7) is 2.06. The zero-order valence-electron chi connectivity index (χ0n) is 11.0. The minimum atomic E-state index is -3.69. The standard InChI is InChI=1S/C13H16Cl3NO2S/c1-8-4-2-3-5-10(8)17-20(18,19)11-7-6-9(14)12(15)13(11)16/h6-8,10,17H,2-5H2,1H3/t8-,10-/m0/s1. The second-order valence-corrected chi connectivity index (χ2v) is 8.01. The summed E-state index contributed by atoms with van der Waals surface area (Å²) in [6.07, 6.45) is 4.06. The fraction of sp³-hybridized carbons (Fsp3) is 0.538. The van der Waals surface area contributed by atoms with Gasteiger partial charge in [0.25, 0.3) is 0 Å². The molecule has 7 heteroatoms. The maximum Gasteiger partial charge on any atom is 0.242 e. The molecule has 20 heavy (non-hydrogen) atoms. The molecule has 0 spiro atoms. The highest BCUT2D eigenvalue weighted by Crippen LogP contribution is 2.35. The van der Waals surface area contributed by atoms with Crippen LogP contribution < -0.4 is 4.72 Å². The van der Waals surface area contributed by atoms with E-state index in [1.165, 1.54) is 12.1 Å². The average molecular weight is 357 g/mol. The van der Waals surface area contributed by atoms with Gasteiger partial charge < -0.3 is 0 Å². The Balaban J connectivity index is 2.29. The smallest absolute Gasteiger partial charge is 0.208 e. The molecule has 0 aromatic heterocycles. The Labute approximate surface area is 134 Å². The van der Waals surface area contributed by atoms with Gasteiger partial charge in [0.1, 0.15) is 4.90 Å². The number of benzene rings is 1. The summed E-state index contributed by atoms with van der Waals surface area (Å²) in [5.41, 5.74) is 0. The highest BCUT2D eigenvalue weighted by Gasteiger charge is 2.28. The van der Waals surface area contributed by atoms with Crippen molar-refractivity contribution in [3.05, 3.63) is 27.2 Å². The fourth-order valence-corrected chi connectivity index (χ4v) is 4.83. The molecule has 1 aromatic carbocycles. The van der Waals surface area contributed by atoms with Gasteiger partial charge in [-0.3, -0.25) is 0 Å². The molecule has 1 N–H and O–H groups in total. The average Bonchev–Trinajstić information content (AvgIpc) is 2.38. The fourth-order valence-electron chi connectivity index (χ4n) is 2.47. The Bertz CT molecular complexity index is 604. The van der Waals surface area contributed by atoms with Gasteiger partial charge in [-0.1, -0.05) is 54.6 Å². The van der Waals surface area contributed by atoms with Crippen molar-refractivity contribution in [2.75, 3.05) is 0 Å². The number of sulfonamides is 1. The molecule has 0 heterocycles. The van der Waals surface area contributed by atoms with E-state index in [1.807, 2.05) is 0 Å². The van der Waals surface area contributed by atoms with Gasteiger partial charge >= 0.3 is 0 Å². The van der Waals surface area contributed by atoms with Crippen molar-refractivity contribution in [2.45, 2.75) is 43.5 Å². The van der Waals surface area contributed by atoms with Gasteiger partial charge in [0.2, 0.25) is 10.0 Å². The maximum absolute atomic E-state index is 12.4. The molecule has 3 nitrogen and oxygen atoms in total. The van der Waals surface area contributed by atoms with Gasteiger partial charge in [-0.25, -0.2) is 13.1 Å². The van der Waals surface area contributed by atoms with Crippen LogP contribution in [0.15, 0.2) is 17.0 Å². The van der Waals surface area contributed by atoms with Crippen LogP contribution >= 0.6 is 34.8 Å². The molecule has 0 saturated heterocycles. The largest absolute Gasteiger partial charge is 0.242 e. The summed E-state index contributed by atoms with van der Waals surface area (Å²) < 4.78 is 27.6. The van der Waals surface area contributed by atoms with Crippen molar-refractivity contribution >= 4 is 44.8 Å². The SMILES string of the molecule is C[C@H]1CCCC[C@@H]1NS(=O)(=O)c1ccc(Cl)c(Cl)c1Cl. The highest BCUT2D eigenvalue weighted by molar-refractivity contribution is 7.89. The first-order chi connectivity index (χ1) is 9.33. The van der Waals surface area contributed by atoms with Crippen LogP contribution in [0.1, 0.15) is 32.6 Å². The van der Waals surface area contributed by atoms with E-state index < -0.39 is 10.0 Å². The van der Waals surface area contributed by atoms with E-state index in [1.54, 1.807) is 0 Å². The Kier molecular flexibility index (Phi) is 5.24. The summed E-state index contributed by atoms with van der Waals surface area (Å²) in [7, 11) is -3.69. The third kappa shape index (κ3) is 3.42. The van der Waals surface area contributed by atoms with Gasteiger partial charge in [-0.2, -0.15) is 0 Å². The first kappa shape index (κ1) is 16.4. The van der Waals surface area contributed by atoms with E-state index in [2.05, 4.69) is 11.6 Å². The normalized spacial score (nSPS) is 23.8. The molecule has 0 radical (unpaired) electrons. The monoisotopic (exact) mass is 355 g/mol. The Morgan fingerprint density at radius 2 is 1.75 bits per heavy atom. The molecule has 0 amide bonds. The molecule has 1 aliphatic rings. The first-order valence-electron chi connectivity index (χ1n) is 6.49. The number of rotatable bonds is 3. The molecule has 112 valence electrons. The predicted octanol–water partition coefficient (Wildman–Crippen LogP) is 4.50. The van der Waals surface area contributed by atoms with Crippen LogP contribution in [0.2, 0.25) is 15.1 Å². The highest BCUT2D eigenvalue weighted by atomic mass is 35.5. The third-order valence-electron chi connectivity index (χ3n) is 3.71. The maximum atomic E-state index is 12.4. The van der Waals surface area contributed by atoms with E-state index >= 15 is 0 Å². The topological polar surface area (TPSA) is 46.2 Å². The number of halogens is 3. The van der Waals surface area contributed by atoms with E-state index in [9.17, 15) is 8.42 Å². The number of hydrogen-bond donors (Lipinski definition) is 1. The Morgan fingerprint density at radius 3 is 2.40 bits per heavy atom. The molecule has 0 aliphatic heterocycles. The summed E-state index contributed by atoms with van der Waals surface area (Å²) in [4.78, 5) is -0.0219. The molecule has 1 fully saturated rings. The van der Waals surface area contributed by atoms with E-state index in [-0.39, 0.29) is 26.0 Å². The second-order valence-electron chi connectivity index (χ2n) is 5.16. The molecular formula is C13H16Cl3NO2S. The van der Waals surface area contributed by atoms with E-state index in [0.717, 1.165) is 25.7 Å². The van der Waals surface area contributed by atoms with Crippen molar-refractivity contribution < 1.29 is 8.42 Å². The van der Waals surface area contributed by atoms with Gasteiger partial charge in [0, 0.05) is 6.04 Å². The van der Waals surface area contributed by atoms with Crippen LogP contribution in [-0.2, 0) is 10.0 Å². The minimum Gasteiger partial charge on any atom is -0.208 e. The zero-order valence-corrected chi connectivity index (χ0v) is 14.1. The van der Waals surface area contributed by atoms with Crippen molar-refractivity contribution in [1.29, 1.82) is 0 Å². The van der Waals surface area contributed by atoms with Crippen molar-refractivity contribution in [2.24, 2.45) is 5.92 Å². The second kappa shape index (κ2) is 6.41. The molecule has 2 atom stereocenters. The van der Waals surface area contributed by atoms with Crippen LogP contribution in [0.4, 0.5) is 0 Å². The van der Waals surface area contributed by atoms with Gasteiger partial charge in [-0.05, 0) is 30.9 Å². The summed E-state index contributed by atoms with van der Waals surface area (Å²) in [6, 6.07) is 2.76. The Morgan fingerprint density at radius 1 is 1.10 bits per heavy atom. The van der Waals surface area contributed by atoms with Crippen LogP contribution in [0.5, 0.6) is 0 Å². The Hall–Kier alpha value is -0.000000000000000167. The molecule has 1 saturated carbocycles. The first-order valence-corrected chi connectivity index (χ1v) is 9.10. The molecule has 1 aliphatic carbocycles. The lowest BCUT2D eigenvalue weighted by molar-refractivity contribution is 0.310. The quantitative estimate of drug-likeness (QED) is 0.810. The molecule has 0 unspecified atom stereocenters. The van der Waals surface area contributed by atoms with Gasteiger partial charge in [0.05, 0.1) is 15.1 Å². The predicted molar refractivity (Wildman–Crippen MR) is 83.2 cm³/mol. The van der Waals surface area contributed by atoms with Crippen molar-refractivity contribution in [3.63, 3.8) is 0 Å². The van der Waals surface area contributed by atoms with Gasteiger partial charge in [0.15, 0.2) is 0 Å². The minimum absolute atomic E-state index is 0.0219. The van der Waals surface area contributed by atoms with E-state index in [0.29, 0.717) is 5.92 Å². The summed E-state index contributed by atoms with van der Waals surface area (Å²) >= 11 is 17.7. The third-order valence-corrected chi connectivity index (χ3v) is 6.65. The number of nitrogens with one attached hydrogen (secondary N) is 1. The lowest BCUT2D eigenvalue weighted by atomic mass is 9.87. The number of hydrogen-bond acceptors (Lipinski definition) is 2. The molecular weight excluding hydrogens is 341 g/mol. The van der Waals surface area contributed by atoms with Crippen LogP contribution in [0.25, 0.3) is 0 Å². The van der Waals surface area contributed by atoms with Crippen LogP contribution in [0, 0.1) is 5.92 Å². The van der Waals surface area contributed by atoms with E-state index in [4.69, 9.17) is 34.8 Å². The zero-order chi connectivity index (χ0) is 14.9. The van der Waals surface area contributed by atoms with Crippen LogP contribution in [0.3, 0.4) is 0 Å². The van der Waals surface area contributed by atoms with Crippen molar-refractivity contribution in [1.82, 2.24) is 4.72 Å². The molecule has 0 bridgehead atoms. The van der Waals surface area contributed by atoms with Gasteiger partial charge in [-0.15, -0.1) is 0 Å². The molecule has 1 aromatic rings. The lowest BCUT2D eigenvalue weighted by Crippen LogP contribution is -2.41. The summed E-state index contributed by atoms with van der Waals surface area (Å²) in [5.74, 6) is 0.320. The van der Waals surface area contributed by atoms with Crippen molar-refractivity contribution in [3.8, 4) is 0 Å². The lowest BCUT2D eigenvalue weighted by Gasteiger charge is -2.29.